The van der Waals surface area contributed by atoms with E-state index in [2.05, 4.69) is 10.3 Å². The maximum atomic E-state index is 12.4. The quantitative estimate of drug-likeness (QED) is 0.906. The van der Waals surface area contributed by atoms with E-state index in [0.29, 0.717) is 18.4 Å². The maximum absolute atomic E-state index is 12.4. The third-order valence-corrected chi connectivity index (χ3v) is 4.08. The van der Waals surface area contributed by atoms with Gasteiger partial charge in [0, 0.05) is 17.1 Å². The fourth-order valence-corrected chi connectivity index (χ4v) is 2.88. The van der Waals surface area contributed by atoms with Crippen LogP contribution in [-0.2, 0) is 4.79 Å². The van der Waals surface area contributed by atoms with Crippen molar-refractivity contribution in [1.29, 1.82) is 0 Å². The highest BCUT2D eigenvalue weighted by atomic mass is 16.4. The van der Waals surface area contributed by atoms with Crippen molar-refractivity contribution in [3.8, 4) is 0 Å². The minimum absolute atomic E-state index is 0.343. The number of benzene rings is 1. The SMILES string of the molecule is O=C(NC1(C(=O)O)CCCC1)c1ccc2ncccc2c1. The van der Waals surface area contributed by atoms with Gasteiger partial charge in [0.15, 0.2) is 0 Å². The first-order valence-electron chi connectivity index (χ1n) is 7.01. The summed E-state index contributed by atoms with van der Waals surface area (Å²) in [5.74, 6) is -1.29. The number of carbonyl (C=O) groups is 2. The largest absolute Gasteiger partial charge is 0.480 e. The van der Waals surface area contributed by atoms with E-state index < -0.39 is 11.5 Å². The first kappa shape index (κ1) is 13.5. The van der Waals surface area contributed by atoms with E-state index in [1.807, 2.05) is 6.07 Å². The minimum atomic E-state index is -1.11. The van der Waals surface area contributed by atoms with Crippen LogP contribution >= 0.6 is 0 Å². The molecule has 1 fully saturated rings. The smallest absolute Gasteiger partial charge is 0.329 e. The Balaban J connectivity index is 1.88. The zero-order valence-corrected chi connectivity index (χ0v) is 11.5. The number of carboxylic acids is 1. The summed E-state index contributed by atoms with van der Waals surface area (Å²) in [5, 5.41) is 13.0. The van der Waals surface area contributed by atoms with Crippen LogP contribution in [0.3, 0.4) is 0 Å². The summed E-state index contributed by atoms with van der Waals surface area (Å²) < 4.78 is 0. The Morgan fingerprint density at radius 2 is 1.95 bits per heavy atom. The van der Waals surface area contributed by atoms with Crippen molar-refractivity contribution < 1.29 is 14.7 Å². The molecule has 0 atom stereocenters. The van der Waals surface area contributed by atoms with Crippen LogP contribution in [0.15, 0.2) is 36.5 Å². The number of hydrogen-bond acceptors (Lipinski definition) is 3. The van der Waals surface area contributed by atoms with Gasteiger partial charge in [-0.25, -0.2) is 4.79 Å². The van der Waals surface area contributed by atoms with Gasteiger partial charge in [-0.05, 0) is 37.1 Å². The highest BCUT2D eigenvalue weighted by Crippen LogP contribution is 2.30. The van der Waals surface area contributed by atoms with Crippen LogP contribution in [-0.4, -0.2) is 27.5 Å². The van der Waals surface area contributed by atoms with E-state index in [4.69, 9.17) is 0 Å². The summed E-state index contributed by atoms with van der Waals surface area (Å²) in [4.78, 5) is 28.0. The molecule has 1 aliphatic rings. The molecule has 5 nitrogen and oxygen atoms in total. The molecule has 2 aromatic rings. The van der Waals surface area contributed by atoms with Crippen molar-refractivity contribution in [2.45, 2.75) is 31.2 Å². The van der Waals surface area contributed by atoms with Gasteiger partial charge in [0.1, 0.15) is 5.54 Å². The molecule has 1 amide bonds. The molecule has 0 spiro atoms. The van der Waals surface area contributed by atoms with Crippen LogP contribution in [0, 0.1) is 0 Å². The number of fused-ring (bicyclic) bond motifs is 1. The van der Waals surface area contributed by atoms with Gasteiger partial charge in [-0.3, -0.25) is 9.78 Å². The Morgan fingerprint density at radius 1 is 1.19 bits per heavy atom. The Morgan fingerprint density at radius 3 is 2.67 bits per heavy atom. The summed E-state index contributed by atoms with van der Waals surface area (Å²) in [7, 11) is 0. The van der Waals surface area contributed by atoms with Crippen molar-refractivity contribution in [2.75, 3.05) is 0 Å². The van der Waals surface area contributed by atoms with Crippen molar-refractivity contribution in [3.05, 3.63) is 42.1 Å². The number of nitrogens with zero attached hydrogens (tertiary/aromatic N) is 1. The molecule has 1 aromatic carbocycles. The fourth-order valence-electron chi connectivity index (χ4n) is 2.88. The molecule has 0 bridgehead atoms. The lowest BCUT2D eigenvalue weighted by Crippen LogP contribution is -2.52. The van der Waals surface area contributed by atoms with E-state index in [9.17, 15) is 14.7 Å². The number of nitrogens with one attached hydrogen (secondary N) is 1. The number of rotatable bonds is 3. The fraction of sp³-hybridized carbons (Fsp3) is 0.312. The van der Waals surface area contributed by atoms with Gasteiger partial charge in [0.05, 0.1) is 5.52 Å². The molecular weight excluding hydrogens is 268 g/mol. The zero-order chi connectivity index (χ0) is 14.9. The molecule has 0 unspecified atom stereocenters. The van der Waals surface area contributed by atoms with Crippen LogP contribution in [0.25, 0.3) is 10.9 Å². The summed E-state index contributed by atoms with van der Waals surface area (Å²) in [6, 6.07) is 8.87. The van der Waals surface area contributed by atoms with Gasteiger partial charge in [0.25, 0.3) is 5.91 Å². The Labute approximate surface area is 122 Å². The minimum Gasteiger partial charge on any atom is -0.480 e. The van der Waals surface area contributed by atoms with Crippen LogP contribution in [0.2, 0.25) is 0 Å². The molecule has 2 N–H and O–H groups in total. The van der Waals surface area contributed by atoms with Crippen molar-refractivity contribution in [2.24, 2.45) is 0 Å². The normalized spacial score (nSPS) is 16.8. The predicted molar refractivity (Wildman–Crippen MR) is 78.0 cm³/mol. The van der Waals surface area contributed by atoms with E-state index >= 15 is 0 Å². The standard InChI is InChI=1S/C16H16N2O3/c19-14(18-16(15(20)21)7-1-2-8-16)12-5-6-13-11(10-12)4-3-9-17-13/h3-6,9-10H,1-2,7-8H2,(H,18,19)(H,20,21). The second-order valence-electron chi connectivity index (χ2n) is 5.46. The molecule has 0 aliphatic heterocycles. The average molecular weight is 284 g/mol. The molecule has 3 rings (SSSR count). The molecule has 21 heavy (non-hydrogen) atoms. The number of aliphatic carboxylic acids is 1. The van der Waals surface area contributed by atoms with Gasteiger partial charge in [0.2, 0.25) is 0 Å². The topological polar surface area (TPSA) is 79.3 Å². The molecule has 0 radical (unpaired) electrons. The Bertz CT molecular complexity index is 705. The van der Waals surface area contributed by atoms with Gasteiger partial charge in [-0.2, -0.15) is 0 Å². The molecule has 1 heterocycles. The summed E-state index contributed by atoms with van der Waals surface area (Å²) in [5.41, 5.74) is 0.159. The van der Waals surface area contributed by atoms with E-state index in [-0.39, 0.29) is 5.91 Å². The first-order chi connectivity index (χ1) is 10.1. The summed E-state index contributed by atoms with van der Waals surface area (Å²) >= 11 is 0. The first-order valence-corrected chi connectivity index (χ1v) is 7.01. The maximum Gasteiger partial charge on any atom is 0.329 e. The van der Waals surface area contributed by atoms with Gasteiger partial charge >= 0.3 is 5.97 Å². The zero-order valence-electron chi connectivity index (χ0n) is 11.5. The molecule has 5 heteroatoms. The third-order valence-electron chi connectivity index (χ3n) is 4.08. The van der Waals surface area contributed by atoms with E-state index in [1.54, 1.807) is 30.5 Å². The van der Waals surface area contributed by atoms with Crippen molar-refractivity contribution in [3.63, 3.8) is 0 Å². The molecule has 0 saturated heterocycles. The van der Waals surface area contributed by atoms with Crippen LogP contribution in [0.1, 0.15) is 36.0 Å². The lowest BCUT2D eigenvalue weighted by Gasteiger charge is -2.25. The molecule has 1 saturated carbocycles. The number of hydrogen-bond donors (Lipinski definition) is 2. The average Bonchev–Trinajstić information content (AvgIpc) is 2.96. The van der Waals surface area contributed by atoms with Crippen LogP contribution in [0.5, 0.6) is 0 Å². The molecule has 1 aliphatic carbocycles. The highest BCUT2D eigenvalue weighted by molar-refractivity contribution is 6.00. The van der Waals surface area contributed by atoms with Crippen molar-refractivity contribution >= 4 is 22.8 Å². The second kappa shape index (κ2) is 5.16. The van der Waals surface area contributed by atoms with Gasteiger partial charge in [-0.15, -0.1) is 0 Å². The highest BCUT2D eigenvalue weighted by Gasteiger charge is 2.42. The number of amides is 1. The number of aromatic nitrogens is 1. The Kier molecular flexibility index (Phi) is 3.33. The second-order valence-corrected chi connectivity index (χ2v) is 5.46. The molecule has 108 valence electrons. The number of pyridine rings is 1. The van der Waals surface area contributed by atoms with Crippen molar-refractivity contribution in [1.82, 2.24) is 10.3 Å². The van der Waals surface area contributed by atoms with Crippen LogP contribution in [0.4, 0.5) is 0 Å². The lowest BCUT2D eigenvalue weighted by molar-refractivity contribution is -0.144. The van der Waals surface area contributed by atoms with Crippen LogP contribution < -0.4 is 5.32 Å². The summed E-state index contributed by atoms with van der Waals surface area (Å²) in [6.07, 6.45) is 4.33. The van der Waals surface area contributed by atoms with E-state index in [1.165, 1.54) is 0 Å². The van der Waals surface area contributed by atoms with E-state index in [0.717, 1.165) is 23.7 Å². The molecule has 1 aromatic heterocycles. The molecular formula is C16H16N2O3. The monoisotopic (exact) mass is 284 g/mol. The predicted octanol–water partition coefficient (Wildman–Crippen LogP) is 2.36. The Hall–Kier alpha value is -2.43. The van der Waals surface area contributed by atoms with Gasteiger partial charge in [-0.1, -0.05) is 18.9 Å². The third kappa shape index (κ3) is 2.46. The van der Waals surface area contributed by atoms with Gasteiger partial charge < -0.3 is 10.4 Å². The summed E-state index contributed by atoms with van der Waals surface area (Å²) in [6.45, 7) is 0. The number of carboxylic acid groups (broad SMARTS) is 1. The number of carbonyl (C=O) groups excluding carboxylic acids is 1. The lowest BCUT2D eigenvalue weighted by atomic mass is 9.97.